The summed E-state index contributed by atoms with van der Waals surface area (Å²) in [6.45, 7) is 6.61. The fraction of sp³-hybridized carbons (Fsp3) is 0.476. The highest BCUT2D eigenvalue weighted by molar-refractivity contribution is 5.96. The molecule has 0 radical (unpaired) electrons. The van der Waals surface area contributed by atoms with Gasteiger partial charge in [-0.1, -0.05) is 45.4 Å². The fourth-order valence-corrected chi connectivity index (χ4v) is 3.89. The molecule has 1 amide bonds. The van der Waals surface area contributed by atoms with Crippen molar-refractivity contribution in [2.24, 2.45) is 11.3 Å². The van der Waals surface area contributed by atoms with Gasteiger partial charge in [-0.3, -0.25) is 9.59 Å². The minimum Gasteiger partial charge on any atom is -0.481 e. The lowest BCUT2D eigenvalue weighted by atomic mass is 9.76. The van der Waals surface area contributed by atoms with E-state index in [0.29, 0.717) is 18.5 Å². The second-order valence-corrected chi connectivity index (χ2v) is 7.59. The van der Waals surface area contributed by atoms with E-state index >= 15 is 0 Å². The van der Waals surface area contributed by atoms with Gasteiger partial charge in [0, 0.05) is 13.1 Å². The fourth-order valence-electron chi connectivity index (χ4n) is 3.89. The number of nitrogens with zero attached hydrogens (tertiary/aromatic N) is 3. The summed E-state index contributed by atoms with van der Waals surface area (Å²) in [6.07, 6.45) is 3.74. The number of aliphatic carboxylic acids is 1. The zero-order chi connectivity index (χ0) is 19.6. The lowest BCUT2D eigenvalue weighted by Crippen LogP contribution is -2.40. The molecule has 144 valence electrons. The van der Waals surface area contributed by atoms with Crippen molar-refractivity contribution in [3.63, 3.8) is 0 Å². The van der Waals surface area contributed by atoms with Crippen LogP contribution in [0.1, 0.15) is 49.7 Å². The number of amides is 1. The molecule has 1 saturated heterocycles. The predicted octanol–water partition coefficient (Wildman–Crippen LogP) is 3.40. The molecule has 1 unspecified atom stereocenters. The van der Waals surface area contributed by atoms with Crippen LogP contribution < -0.4 is 0 Å². The Morgan fingerprint density at radius 3 is 2.52 bits per heavy atom. The summed E-state index contributed by atoms with van der Waals surface area (Å²) in [4.78, 5) is 26.8. The third kappa shape index (κ3) is 3.36. The van der Waals surface area contributed by atoms with Gasteiger partial charge in [0.1, 0.15) is 0 Å². The van der Waals surface area contributed by atoms with Crippen molar-refractivity contribution in [2.75, 3.05) is 13.1 Å². The molecule has 2 heterocycles. The molecule has 2 aromatic rings. The Morgan fingerprint density at radius 1 is 1.26 bits per heavy atom. The largest absolute Gasteiger partial charge is 0.481 e. The van der Waals surface area contributed by atoms with E-state index < -0.39 is 11.4 Å². The molecule has 6 heteroatoms. The first-order chi connectivity index (χ1) is 12.9. The summed E-state index contributed by atoms with van der Waals surface area (Å²) in [6, 6.07) is 9.76. The van der Waals surface area contributed by atoms with Crippen LogP contribution in [0, 0.1) is 11.3 Å². The number of hydrogen-bond acceptors (Lipinski definition) is 3. The third-order valence-corrected chi connectivity index (χ3v) is 5.71. The number of aromatic nitrogens is 2. The van der Waals surface area contributed by atoms with Crippen LogP contribution in [0.5, 0.6) is 0 Å². The number of rotatable bonds is 6. The van der Waals surface area contributed by atoms with Crippen molar-refractivity contribution in [1.29, 1.82) is 0 Å². The van der Waals surface area contributed by atoms with Gasteiger partial charge in [0.2, 0.25) is 0 Å². The number of para-hydroxylation sites is 1. The van der Waals surface area contributed by atoms with Crippen molar-refractivity contribution in [2.45, 2.75) is 40.0 Å². The predicted molar refractivity (Wildman–Crippen MR) is 103 cm³/mol. The van der Waals surface area contributed by atoms with E-state index in [0.717, 1.165) is 24.2 Å². The Bertz CT molecular complexity index is 828. The zero-order valence-corrected chi connectivity index (χ0v) is 16.2. The molecular formula is C21H27N3O3. The van der Waals surface area contributed by atoms with Crippen molar-refractivity contribution in [1.82, 2.24) is 14.7 Å². The van der Waals surface area contributed by atoms with Crippen LogP contribution in [0.25, 0.3) is 5.69 Å². The van der Waals surface area contributed by atoms with Crippen molar-refractivity contribution in [3.05, 3.63) is 47.8 Å². The Labute approximate surface area is 159 Å². The van der Waals surface area contributed by atoms with Crippen LogP contribution in [0.2, 0.25) is 0 Å². The van der Waals surface area contributed by atoms with Crippen LogP contribution in [-0.2, 0) is 11.2 Å². The van der Waals surface area contributed by atoms with Gasteiger partial charge in [0.05, 0.1) is 28.6 Å². The average Bonchev–Trinajstić information content (AvgIpc) is 3.28. The number of likely N-dealkylation sites (tertiary alicyclic amines) is 1. The molecule has 3 rings (SSSR count). The maximum atomic E-state index is 13.2. The molecule has 1 aromatic carbocycles. The van der Waals surface area contributed by atoms with E-state index in [4.69, 9.17) is 0 Å². The first-order valence-electron chi connectivity index (χ1n) is 9.55. The molecule has 0 saturated carbocycles. The highest BCUT2D eigenvalue weighted by Gasteiger charge is 2.48. The number of carbonyl (C=O) groups is 2. The summed E-state index contributed by atoms with van der Waals surface area (Å²) in [5.74, 6) is -0.971. The molecule has 1 N–H and O–H groups in total. The van der Waals surface area contributed by atoms with Crippen LogP contribution >= 0.6 is 0 Å². The van der Waals surface area contributed by atoms with Gasteiger partial charge < -0.3 is 10.0 Å². The molecule has 0 aliphatic carbocycles. The molecule has 6 nitrogen and oxygen atoms in total. The quantitative estimate of drug-likeness (QED) is 0.847. The van der Waals surface area contributed by atoms with E-state index in [-0.39, 0.29) is 18.4 Å². The normalized spacial score (nSPS) is 19.6. The minimum absolute atomic E-state index is 0.0324. The second-order valence-electron chi connectivity index (χ2n) is 7.59. The number of carboxylic acids is 1. The van der Waals surface area contributed by atoms with Gasteiger partial charge in [-0.2, -0.15) is 5.10 Å². The molecule has 1 aliphatic rings. The Kier molecular flexibility index (Phi) is 5.35. The van der Waals surface area contributed by atoms with E-state index in [1.807, 2.05) is 48.9 Å². The summed E-state index contributed by atoms with van der Waals surface area (Å²) in [7, 11) is 0. The monoisotopic (exact) mass is 369 g/mol. The topological polar surface area (TPSA) is 75.4 Å². The maximum Gasteiger partial charge on any atom is 0.311 e. The van der Waals surface area contributed by atoms with Gasteiger partial charge in [0.15, 0.2) is 0 Å². The zero-order valence-electron chi connectivity index (χ0n) is 16.2. The van der Waals surface area contributed by atoms with Gasteiger partial charge in [0.25, 0.3) is 5.91 Å². The summed E-state index contributed by atoms with van der Waals surface area (Å²) < 4.78 is 1.82. The standard InChI is InChI=1S/C21H27N3O3/c1-4-8-18-17(13-22-24(18)16-9-6-5-7-10-16)19(25)23-12-11-21(14-23,15(2)3)20(26)27/h5-7,9-10,13,15H,4,8,11-12,14H2,1-3H3,(H,26,27). The lowest BCUT2D eigenvalue weighted by Gasteiger charge is -2.28. The molecule has 1 aromatic heterocycles. The van der Waals surface area contributed by atoms with E-state index in [2.05, 4.69) is 12.0 Å². The SMILES string of the molecule is CCCc1c(C(=O)N2CCC(C(=O)O)(C(C)C)C2)cnn1-c1ccccc1. The average molecular weight is 369 g/mol. The molecule has 0 spiro atoms. The number of benzene rings is 1. The first-order valence-corrected chi connectivity index (χ1v) is 9.55. The minimum atomic E-state index is -0.865. The van der Waals surface area contributed by atoms with Gasteiger partial charge in [-0.05, 0) is 30.9 Å². The maximum absolute atomic E-state index is 13.2. The van der Waals surface area contributed by atoms with Gasteiger partial charge in [-0.25, -0.2) is 4.68 Å². The Hall–Kier alpha value is -2.63. The number of hydrogen-bond donors (Lipinski definition) is 1. The van der Waals surface area contributed by atoms with Gasteiger partial charge in [-0.15, -0.1) is 0 Å². The Morgan fingerprint density at radius 2 is 1.96 bits per heavy atom. The third-order valence-electron chi connectivity index (χ3n) is 5.71. The smallest absolute Gasteiger partial charge is 0.311 e. The van der Waals surface area contributed by atoms with E-state index in [1.165, 1.54) is 0 Å². The lowest BCUT2D eigenvalue weighted by molar-refractivity contribution is -0.150. The summed E-state index contributed by atoms with van der Waals surface area (Å²) in [5.41, 5.74) is 1.51. The molecule has 1 fully saturated rings. The highest BCUT2D eigenvalue weighted by atomic mass is 16.4. The molecular weight excluding hydrogens is 342 g/mol. The first kappa shape index (κ1) is 19.1. The van der Waals surface area contributed by atoms with Crippen LogP contribution in [0.4, 0.5) is 0 Å². The summed E-state index contributed by atoms with van der Waals surface area (Å²) >= 11 is 0. The van der Waals surface area contributed by atoms with E-state index in [1.54, 1.807) is 11.1 Å². The highest BCUT2D eigenvalue weighted by Crippen LogP contribution is 2.39. The molecule has 1 atom stereocenters. The van der Waals surface area contributed by atoms with Crippen molar-refractivity contribution >= 4 is 11.9 Å². The second kappa shape index (κ2) is 7.55. The van der Waals surface area contributed by atoms with Gasteiger partial charge >= 0.3 is 5.97 Å². The van der Waals surface area contributed by atoms with Crippen molar-refractivity contribution < 1.29 is 14.7 Å². The number of carboxylic acid groups (broad SMARTS) is 1. The Balaban J connectivity index is 1.92. The molecule has 1 aliphatic heterocycles. The van der Waals surface area contributed by atoms with E-state index in [9.17, 15) is 14.7 Å². The number of carbonyl (C=O) groups excluding carboxylic acids is 1. The van der Waals surface area contributed by atoms with Crippen LogP contribution in [0.15, 0.2) is 36.5 Å². The van der Waals surface area contributed by atoms with Crippen LogP contribution in [0.3, 0.4) is 0 Å². The van der Waals surface area contributed by atoms with Crippen LogP contribution in [-0.4, -0.2) is 44.8 Å². The molecule has 0 bridgehead atoms. The summed E-state index contributed by atoms with van der Waals surface area (Å²) in [5, 5.41) is 14.2. The van der Waals surface area contributed by atoms with Crippen molar-refractivity contribution in [3.8, 4) is 5.69 Å². The molecule has 27 heavy (non-hydrogen) atoms.